The maximum atomic E-state index is 12.3. The number of hydrogen-bond acceptors (Lipinski definition) is 15. The van der Waals surface area contributed by atoms with Crippen LogP contribution in [-0.2, 0) is 61.9 Å². The highest BCUT2D eigenvalue weighted by atomic mass is 32.9. The molecule has 1 aliphatic heterocycles. The number of aliphatic imine (C=N–C) groups is 1. The molecule has 4 unspecified atom stereocenters. The summed E-state index contributed by atoms with van der Waals surface area (Å²) >= 11 is 6.17. The van der Waals surface area contributed by atoms with Gasteiger partial charge in [-0.25, -0.2) is 14.9 Å². The number of fused-ring (bicyclic) bond motifs is 1. The zero-order valence-corrected chi connectivity index (χ0v) is 36.5. The van der Waals surface area contributed by atoms with Crippen molar-refractivity contribution in [1.82, 2.24) is 5.43 Å². The quantitative estimate of drug-likeness (QED) is 0.0184. The average molecular weight is 874 g/mol. The van der Waals surface area contributed by atoms with Gasteiger partial charge in [0, 0.05) is 42.6 Å². The number of carbonyl (C=O) groups excluding carboxylic acids is 2. The van der Waals surface area contributed by atoms with Crippen molar-refractivity contribution >= 4 is 63.5 Å². The largest absolute Gasteiger partial charge is 0.480 e. The smallest absolute Gasteiger partial charge is 0.332 e. The summed E-state index contributed by atoms with van der Waals surface area (Å²) in [5, 5.41) is 17.1. The molecule has 1 aromatic carbocycles. The van der Waals surface area contributed by atoms with Crippen molar-refractivity contribution in [2.75, 3.05) is 46.5 Å². The van der Waals surface area contributed by atoms with E-state index in [1.807, 2.05) is 18.2 Å². The van der Waals surface area contributed by atoms with Gasteiger partial charge in [0.2, 0.25) is 12.5 Å². The van der Waals surface area contributed by atoms with Crippen molar-refractivity contribution in [2.24, 2.45) is 16.5 Å². The van der Waals surface area contributed by atoms with Gasteiger partial charge in [-0.1, -0.05) is 63.4 Å². The van der Waals surface area contributed by atoms with Crippen LogP contribution in [0, 0.1) is 10.1 Å². The molecule has 22 heteroatoms. The third-order valence-electron chi connectivity index (χ3n) is 7.52. The van der Waals surface area contributed by atoms with Gasteiger partial charge in [-0.05, 0) is 69.0 Å². The van der Waals surface area contributed by atoms with Crippen LogP contribution in [0.3, 0.4) is 0 Å². The van der Waals surface area contributed by atoms with Gasteiger partial charge in [0.1, 0.15) is 5.25 Å². The van der Waals surface area contributed by atoms with Gasteiger partial charge in [0.15, 0.2) is 28.5 Å². The number of nitrogens with zero attached hydrogens (tertiary/aromatic N) is 2. The summed E-state index contributed by atoms with van der Waals surface area (Å²) < 4.78 is 43.0. The van der Waals surface area contributed by atoms with Crippen molar-refractivity contribution in [3.05, 3.63) is 33.9 Å². The Hall–Kier alpha value is -3.23. The van der Waals surface area contributed by atoms with E-state index in [1.165, 1.54) is 51.9 Å². The molecule has 0 bridgehead atoms. The monoisotopic (exact) mass is 873 g/mol. The lowest BCUT2D eigenvalue weighted by Gasteiger charge is -2.21. The highest BCUT2D eigenvalue weighted by Crippen LogP contribution is 2.62. The number of hydrazine groups is 1. The van der Waals surface area contributed by atoms with E-state index < -0.39 is 50.7 Å². The molecule has 0 aromatic heterocycles. The van der Waals surface area contributed by atoms with Crippen molar-refractivity contribution in [3.63, 3.8) is 0 Å². The summed E-state index contributed by atoms with van der Waals surface area (Å²) in [6.45, 7) is 8.71. The number of guanidine groups is 1. The van der Waals surface area contributed by atoms with E-state index in [1.54, 1.807) is 19.3 Å². The Morgan fingerprint density at radius 1 is 1.05 bits per heavy atom. The van der Waals surface area contributed by atoms with Crippen LogP contribution in [0.15, 0.2) is 23.2 Å². The van der Waals surface area contributed by atoms with Gasteiger partial charge in [0.25, 0.3) is 0 Å². The van der Waals surface area contributed by atoms with Crippen molar-refractivity contribution in [1.29, 1.82) is 0 Å². The number of carbonyl (C=O) groups is 3. The van der Waals surface area contributed by atoms with E-state index in [4.69, 9.17) is 56.4 Å². The number of nitro groups is 1. The summed E-state index contributed by atoms with van der Waals surface area (Å²) in [4.78, 5) is 47.4. The second-order valence-electron chi connectivity index (χ2n) is 11.9. The molecule has 4 atom stereocenters. The molecule has 0 saturated carbocycles. The van der Waals surface area contributed by atoms with Gasteiger partial charge in [0.05, 0.1) is 19.6 Å². The van der Waals surface area contributed by atoms with E-state index in [9.17, 15) is 28.7 Å². The van der Waals surface area contributed by atoms with Gasteiger partial charge in [-0.15, -0.1) is 5.43 Å². The lowest BCUT2D eigenvalue weighted by atomic mass is 10.1. The average Bonchev–Trinajstić information content (AvgIpc) is 3.62. The SMILES string of the molecule is CCCCCCCCS(=O)C(C)Cc1ccc2c(c1)OCO2.CCOC(=O)CC(SP(=S)(OC)OC)C(=O)OCC.NC(N)=NCCCC(N[N+](=O)[O-])C(=O)O. The second kappa shape index (κ2) is 30.8. The number of carboxylic acids is 1. The Labute approximate surface area is 341 Å². The van der Waals surface area contributed by atoms with Gasteiger partial charge >= 0.3 is 17.9 Å². The molecular weight excluding hydrogens is 814 g/mol. The van der Waals surface area contributed by atoms with Crippen LogP contribution in [-0.4, -0.2) is 101 Å². The molecular formula is C34H60N5O13PS3. The summed E-state index contributed by atoms with van der Waals surface area (Å²) in [5.74, 6) is 0.0694. The van der Waals surface area contributed by atoms with Crippen molar-refractivity contribution < 1.29 is 56.7 Å². The highest BCUT2D eigenvalue weighted by molar-refractivity contribution is 8.68. The molecule has 0 saturated heterocycles. The number of benzene rings is 1. The molecule has 0 amide bonds. The molecule has 1 aliphatic rings. The number of ether oxygens (including phenoxy) is 4. The molecule has 56 heavy (non-hydrogen) atoms. The molecule has 2 rings (SSSR count). The molecule has 0 fully saturated rings. The topological polar surface area (TPSA) is 263 Å². The zero-order chi connectivity index (χ0) is 42.5. The molecule has 0 spiro atoms. The molecule has 0 aliphatic carbocycles. The molecule has 322 valence electrons. The Morgan fingerprint density at radius 3 is 2.25 bits per heavy atom. The Balaban J connectivity index is 0.000000827. The zero-order valence-electron chi connectivity index (χ0n) is 33.1. The molecule has 18 nitrogen and oxygen atoms in total. The predicted octanol–water partition coefficient (Wildman–Crippen LogP) is 4.85. The third-order valence-corrected chi connectivity index (χ3v) is 15.1. The minimum absolute atomic E-state index is 0.0765. The van der Waals surface area contributed by atoms with Crippen LogP contribution in [0.1, 0.15) is 91.0 Å². The van der Waals surface area contributed by atoms with Gasteiger partial charge in [-0.2, -0.15) is 0 Å². The number of hydrogen-bond donors (Lipinski definition) is 4. The van der Waals surface area contributed by atoms with E-state index in [2.05, 4.69) is 18.8 Å². The number of nitrogens with two attached hydrogens (primary N) is 2. The Kier molecular flexibility index (Phi) is 29.1. The summed E-state index contributed by atoms with van der Waals surface area (Å²) in [6, 6.07) is 4.78. The maximum Gasteiger partial charge on any atom is 0.332 e. The number of esters is 2. The lowest BCUT2D eigenvalue weighted by molar-refractivity contribution is -0.549. The van der Waals surface area contributed by atoms with Gasteiger partial charge < -0.3 is 44.6 Å². The molecule has 6 N–H and O–H groups in total. The lowest BCUT2D eigenvalue weighted by Crippen LogP contribution is -2.40. The van der Waals surface area contributed by atoms with E-state index in [0.29, 0.717) is 13.2 Å². The first kappa shape index (κ1) is 52.8. The van der Waals surface area contributed by atoms with Crippen LogP contribution in [0.25, 0.3) is 0 Å². The number of carboxylic acid groups (broad SMARTS) is 1. The fraction of sp³-hybridized carbons (Fsp3) is 0.706. The number of nitrogens with one attached hydrogen (secondary N) is 1. The number of unbranched alkanes of at least 4 members (excludes halogenated alkanes) is 5. The molecule has 1 heterocycles. The standard InChI is InChI=1S/C18H28O3S.C10H19O6PS2.C6H13N5O4/c1-3-4-5-6-7-8-11-22(19)15(2)12-16-9-10-17-18(13-16)21-14-20-17;1-5-15-9(11)7-8(10(12)16-6-2)19-17(18,13-3)14-4;7-6(8)9-3-1-2-4(5(12)13)10-11(14)15/h9-10,13,15H,3-8,11-12,14H2,1-2H3;8H,5-7H2,1-4H3;4,10H,1-3H2,(H,12,13)(H4,7,8,9). The van der Waals surface area contributed by atoms with Gasteiger partial charge in [-0.3, -0.25) is 18.8 Å². The minimum Gasteiger partial charge on any atom is -0.480 e. The first-order valence-corrected chi connectivity index (χ1v) is 23.7. The Morgan fingerprint density at radius 2 is 1.68 bits per heavy atom. The maximum absolute atomic E-state index is 12.3. The molecule has 0 radical (unpaired) electrons. The summed E-state index contributed by atoms with van der Waals surface area (Å²) in [7, 11) is 2.07. The fourth-order valence-electron chi connectivity index (χ4n) is 4.68. The third kappa shape index (κ3) is 24.4. The van der Waals surface area contributed by atoms with Crippen LogP contribution in [0.5, 0.6) is 11.5 Å². The summed E-state index contributed by atoms with van der Waals surface area (Å²) in [6.07, 6.45) is 8.62. The second-order valence-corrected chi connectivity index (χ2v) is 20.5. The van der Waals surface area contributed by atoms with E-state index in [-0.39, 0.29) is 43.8 Å². The first-order chi connectivity index (χ1) is 26.6. The van der Waals surface area contributed by atoms with E-state index >= 15 is 0 Å². The number of rotatable bonds is 26. The predicted molar refractivity (Wildman–Crippen MR) is 221 cm³/mol. The minimum atomic E-state index is -2.65. The van der Waals surface area contributed by atoms with Crippen LogP contribution in [0.4, 0.5) is 0 Å². The summed E-state index contributed by atoms with van der Waals surface area (Å²) in [5.41, 5.74) is 10.3. The normalized spacial score (nSPS) is 13.6. The highest BCUT2D eigenvalue weighted by Gasteiger charge is 2.32. The van der Waals surface area contributed by atoms with Crippen molar-refractivity contribution in [3.8, 4) is 11.5 Å². The Bertz CT molecular complexity index is 1430. The fourth-order valence-corrected chi connectivity index (χ4v) is 9.81. The van der Waals surface area contributed by atoms with Crippen LogP contribution >= 0.6 is 17.1 Å². The number of aliphatic carboxylic acids is 1. The van der Waals surface area contributed by atoms with Crippen LogP contribution < -0.4 is 26.4 Å². The first-order valence-electron chi connectivity index (χ1n) is 18.2. The van der Waals surface area contributed by atoms with E-state index in [0.717, 1.165) is 41.5 Å². The van der Waals surface area contributed by atoms with Crippen LogP contribution in [0.2, 0.25) is 0 Å². The molecule has 1 aromatic rings. The van der Waals surface area contributed by atoms with Crippen molar-refractivity contribution in [2.45, 2.75) is 108 Å².